The Morgan fingerprint density at radius 3 is 2.50 bits per heavy atom. The number of hydrogen-bond donors (Lipinski definition) is 2. The Kier molecular flexibility index (Phi) is 4.71. The van der Waals surface area contributed by atoms with Crippen LogP contribution in [0.3, 0.4) is 0 Å². The first-order chi connectivity index (χ1) is 9.56. The maximum atomic E-state index is 12.0. The third-order valence-electron chi connectivity index (χ3n) is 3.84. The van der Waals surface area contributed by atoms with Gasteiger partial charge in [0.15, 0.2) is 0 Å². The summed E-state index contributed by atoms with van der Waals surface area (Å²) in [7, 11) is 0. The molecule has 1 saturated carbocycles. The molecule has 1 amide bonds. The average molecular weight is 276 g/mol. The van der Waals surface area contributed by atoms with E-state index in [0.717, 1.165) is 11.4 Å². The summed E-state index contributed by atoms with van der Waals surface area (Å²) in [5.41, 5.74) is 1.77. The maximum Gasteiger partial charge on any atom is 0.306 e. The summed E-state index contributed by atoms with van der Waals surface area (Å²) in [4.78, 5) is 27.2. The fourth-order valence-electron chi connectivity index (χ4n) is 2.62. The second-order valence-electron chi connectivity index (χ2n) is 5.37. The van der Waals surface area contributed by atoms with Crippen molar-refractivity contribution in [3.8, 4) is 0 Å². The van der Waals surface area contributed by atoms with E-state index in [0.29, 0.717) is 32.2 Å². The number of rotatable bonds is 4. The van der Waals surface area contributed by atoms with E-state index in [1.807, 2.05) is 25.1 Å². The van der Waals surface area contributed by atoms with Gasteiger partial charge in [-0.3, -0.25) is 14.6 Å². The van der Waals surface area contributed by atoms with E-state index in [1.54, 1.807) is 0 Å². The Morgan fingerprint density at radius 1 is 1.25 bits per heavy atom. The van der Waals surface area contributed by atoms with Crippen molar-refractivity contribution in [2.45, 2.75) is 39.2 Å². The minimum atomic E-state index is -0.743. The molecule has 108 valence electrons. The lowest BCUT2D eigenvalue weighted by molar-refractivity contribution is -0.144. The lowest BCUT2D eigenvalue weighted by Crippen LogP contribution is -2.34. The van der Waals surface area contributed by atoms with Crippen LogP contribution in [0.4, 0.5) is 0 Å². The highest BCUT2D eigenvalue weighted by Crippen LogP contribution is 2.29. The van der Waals surface area contributed by atoms with Crippen LogP contribution in [0.5, 0.6) is 0 Å². The van der Waals surface area contributed by atoms with E-state index >= 15 is 0 Å². The molecule has 0 radical (unpaired) electrons. The van der Waals surface area contributed by atoms with Crippen molar-refractivity contribution in [2.24, 2.45) is 11.8 Å². The molecule has 0 spiro atoms. The van der Waals surface area contributed by atoms with Gasteiger partial charge in [0.1, 0.15) is 0 Å². The van der Waals surface area contributed by atoms with Gasteiger partial charge in [-0.2, -0.15) is 0 Å². The van der Waals surface area contributed by atoms with E-state index in [2.05, 4.69) is 10.3 Å². The Balaban J connectivity index is 1.80. The molecule has 1 aliphatic carbocycles. The standard InChI is InChI=1S/C15H20N2O3/c1-10-3-2-4-13(17-10)9-16-14(18)11-5-7-12(8-6-11)15(19)20/h2-4,11-12H,5-9H2,1H3,(H,16,18)(H,19,20). The number of aryl methyl sites for hydroxylation is 1. The highest BCUT2D eigenvalue weighted by Gasteiger charge is 2.29. The van der Waals surface area contributed by atoms with Crippen molar-refractivity contribution in [1.82, 2.24) is 10.3 Å². The molecular weight excluding hydrogens is 256 g/mol. The Hall–Kier alpha value is -1.91. The van der Waals surface area contributed by atoms with Crippen molar-refractivity contribution in [2.75, 3.05) is 0 Å². The summed E-state index contributed by atoms with van der Waals surface area (Å²) in [5.74, 6) is -1.07. The zero-order chi connectivity index (χ0) is 14.5. The Bertz CT molecular complexity index is 494. The van der Waals surface area contributed by atoms with Gasteiger partial charge in [-0.05, 0) is 44.7 Å². The van der Waals surface area contributed by atoms with Crippen LogP contribution in [0.15, 0.2) is 18.2 Å². The molecule has 2 rings (SSSR count). The summed E-state index contributed by atoms with van der Waals surface area (Å²) >= 11 is 0. The molecule has 5 heteroatoms. The molecule has 0 unspecified atom stereocenters. The van der Waals surface area contributed by atoms with Crippen molar-refractivity contribution in [1.29, 1.82) is 0 Å². The van der Waals surface area contributed by atoms with Gasteiger partial charge >= 0.3 is 5.97 Å². The number of hydrogen-bond acceptors (Lipinski definition) is 3. The summed E-state index contributed by atoms with van der Waals surface area (Å²) < 4.78 is 0. The van der Waals surface area contributed by atoms with Crippen LogP contribution in [0, 0.1) is 18.8 Å². The predicted molar refractivity (Wildman–Crippen MR) is 73.9 cm³/mol. The normalized spacial score (nSPS) is 22.2. The van der Waals surface area contributed by atoms with Crippen LogP contribution < -0.4 is 5.32 Å². The number of carbonyl (C=O) groups is 2. The summed E-state index contributed by atoms with van der Waals surface area (Å²) in [5, 5.41) is 11.8. The predicted octanol–water partition coefficient (Wildman–Crippen LogP) is 1.90. The van der Waals surface area contributed by atoms with Gasteiger partial charge in [0.25, 0.3) is 0 Å². The van der Waals surface area contributed by atoms with Crippen LogP contribution in [0.1, 0.15) is 37.1 Å². The molecule has 1 aliphatic rings. The largest absolute Gasteiger partial charge is 0.481 e. The average Bonchev–Trinajstić information content (AvgIpc) is 2.45. The first-order valence-corrected chi connectivity index (χ1v) is 6.99. The molecule has 0 aromatic carbocycles. The van der Waals surface area contributed by atoms with E-state index < -0.39 is 5.97 Å². The second-order valence-corrected chi connectivity index (χ2v) is 5.37. The Morgan fingerprint density at radius 2 is 1.90 bits per heavy atom. The summed E-state index contributed by atoms with van der Waals surface area (Å²) in [6.45, 7) is 2.35. The number of carboxylic acids is 1. The first kappa shape index (κ1) is 14.5. The lowest BCUT2D eigenvalue weighted by Gasteiger charge is -2.25. The summed E-state index contributed by atoms with van der Waals surface area (Å²) in [6.07, 6.45) is 2.50. The number of pyridine rings is 1. The van der Waals surface area contributed by atoms with E-state index in [-0.39, 0.29) is 17.7 Å². The van der Waals surface area contributed by atoms with Crippen molar-refractivity contribution >= 4 is 11.9 Å². The smallest absolute Gasteiger partial charge is 0.306 e. The number of nitrogens with one attached hydrogen (secondary N) is 1. The SMILES string of the molecule is Cc1cccc(CNC(=O)C2CCC(C(=O)O)CC2)n1. The third kappa shape index (κ3) is 3.79. The number of carbonyl (C=O) groups excluding carboxylic acids is 1. The zero-order valence-electron chi connectivity index (χ0n) is 11.6. The van der Waals surface area contributed by atoms with Gasteiger partial charge < -0.3 is 10.4 Å². The van der Waals surface area contributed by atoms with Crippen molar-refractivity contribution < 1.29 is 14.7 Å². The number of aliphatic carboxylic acids is 1. The van der Waals surface area contributed by atoms with Crippen LogP contribution in [0.2, 0.25) is 0 Å². The molecule has 1 aromatic heterocycles. The van der Waals surface area contributed by atoms with Crippen molar-refractivity contribution in [3.05, 3.63) is 29.6 Å². The highest BCUT2D eigenvalue weighted by atomic mass is 16.4. The number of carboxylic acid groups (broad SMARTS) is 1. The van der Waals surface area contributed by atoms with Gasteiger partial charge in [-0.25, -0.2) is 0 Å². The number of nitrogens with zero attached hydrogens (tertiary/aromatic N) is 1. The molecule has 1 heterocycles. The highest BCUT2D eigenvalue weighted by molar-refractivity contribution is 5.79. The maximum absolute atomic E-state index is 12.0. The number of aromatic nitrogens is 1. The zero-order valence-corrected chi connectivity index (χ0v) is 11.6. The van der Waals surface area contributed by atoms with E-state index in [1.165, 1.54) is 0 Å². The first-order valence-electron chi connectivity index (χ1n) is 6.99. The molecule has 0 aliphatic heterocycles. The Labute approximate surface area is 118 Å². The van der Waals surface area contributed by atoms with Gasteiger partial charge in [0.05, 0.1) is 18.2 Å². The molecular formula is C15H20N2O3. The van der Waals surface area contributed by atoms with Crippen LogP contribution in [-0.2, 0) is 16.1 Å². The fourth-order valence-corrected chi connectivity index (χ4v) is 2.62. The quantitative estimate of drug-likeness (QED) is 0.880. The van der Waals surface area contributed by atoms with Gasteiger partial charge in [-0.15, -0.1) is 0 Å². The molecule has 1 fully saturated rings. The van der Waals surface area contributed by atoms with Gasteiger partial charge in [0.2, 0.25) is 5.91 Å². The fraction of sp³-hybridized carbons (Fsp3) is 0.533. The van der Waals surface area contributed by atoms with Gasteiger partial charge in [0, 0.05) is 11.6 Å². The van der Waals surface area contributed by atoms with Crippen LogP contribution in [0.25, 0.3) is 0 Å². The molecule has 5 nitrogen and oxygen atoms in total. The van der Waals surface area contributed by atoms with E-state index in [9.17, 15) is 9.59 Å². The number of amides is 1. The van der Waals surface area contributed by atoms with E-state index in [4.69, 9.17) is 5.11 Å². The molecule has 0 atom stereocenters. The second kappa shape index (κ2) is 6.50. The molecule has 0 bridgehead atoms. The summed E-state index contributed by atoms with van der Waals surface area (Å²) in [6, 6.07) is 5.72. The van der Waals surface area contributed by atoms with Crippen LogP contribution in [-0.4, -0.2) is 22.0 Å². The molecule has 2 N–H and O–H groups in total. The monoisotopic (exact) mass is 276 g/mol. The lowest BCUT2D eigenvalue weighted by atomic mass is 9.81. The van der Waals surface area contributed by atoms with Gasteiger partial charge in [-0.1, -0.05) is 6.07 Å². The van der Waals surface area contributed by atoms with Crippen LogP contribution >= 0.6 is 0 Å². The third-order valence-corrected chi connectivity index (χ3v) is 3.84. The molecule has 1 aromatic rings. The minimum absolute atomic E-state index is 0.0112. The topological polar surface area (TPSA) is 79.3 Å². The minimum Gasteiger partial charge on any atom is -0.481 e. The molecule has 0 saturated heterocycles. The van der Waals surface area contributed by atoms with Crippen molar-refractivity contribution in [3.63, 3.8) is 0 Å². The molecule has 20 heavy (non-hydrogen) atoms.